The van der Waals surface area contributed by atoms with E-state index in [4.69, 9.17) is 12.2 Å². The van der Waals surface area contributed by atoms with Gasteiger partial charge < -0.3 is 9.55 Å². The van der Waals surface area contributed by atoms with Crippen LogP contribution in [-0.2, 0) is 0 Å². The Hall–Kier alpha value is -0.656. The second-order valence-electron chi connectivity index (χ2n) is 6.98. The SMILES string of the molecule is Cc1cccc(NC(=S)N([Si](C)(C)C)[Si](C)(C)C)c1. The van der Waals surface area contributed by atoms with Crippen LogP contribution in [0.25, 0.3) is 0 Å². The third-order valence-electron chi connectivity index (χ3n) is 2.81. The van der Waals surface area contributed by atoms with Crippen molar-refractivity contribution >= 4 is 39.5 Å². The first kappa shape index (κ1) is 16.4. The van der Waals surface area contributed by atoms with E-state index >= 15 is 0 Å². The summed E-state index contributed by atoms with van der Waals surface area (Å²) in [5, 5.41) is 4.32. The fourth-order valence-corrected chi connectivity index (χ4v) is 13.7. The minimum atomic E-state index is -1.46. The van der Waals surface area contributed by atoms with E-state index in [1.54, 1.807) is 0 Å². The average Bonchev–Trinajstić information content (AvgIpc) is 2.11. The Morgan fingerprint density at radius 2 is 1.58 bits per heavy atom. The Bertz CT molecular complexity index is 447. The largest absolute Gasteiger partial charge is 0.402 e. The van der Waals surface area contributed by atoms with E-state index in [1.807, 2.05) is 0 Å². The molecule has 1 aromatic rings. The normalized spacial score (nSPS) is 12.2. The highest BCUT2D eigenvalue weighted by molar-refractivity contribution is 7.80. The number of thiocarbonyl (C=S) groups is 1. The molecule has 1 rings (SSSR count). The minimum absolute atomic E-state index is 0.893. The number of aryl methyl sites for hydroxylation is 1. The van der Waals surface area contributed by atoms with Crippen molar-refractivity contribution in [3.05, 3.63) is 29.8 Å². The van der Waals surface area contributed by atoms with Gasteiger partial charge in [0.25, 0.3) is 0 Å². The van der Waals surface area contributed by atoms with Gasteiger partial charge in [0.15, 0.2) is 5.11 Å². The lowest BCUT2D eigenvalue weighted by Gasteiger charge is -2.45. The Balaban J connectivity index is 2.97. The fourth-order valence-electron chi connectivity index (χ4n) is 2.52. The molecule has 0 saturated heterocycles. The van der Waals surface area contributed by atoms with Crippen molar-refractivity contribution in [2.45, 2.75) is 46.2 Å². The zero-order valence-corrected chi connectivity index (χ0v) is 16.0. The van der Waals surface area contributed by atoms with Crippen molar-refractivity contribution < 1.29 is 0 Å². The molecule has 0 unspecified atom stereocenters. The van der Waals surface area contributed by atoms with Crippen LogP contribution in [0.2, 0.25) is 39.3 Å². The average molecular weight is 311 g/mol. The monoisotopic (exact) mass is 310 g/mol. The number of nitrogens with zero attached hydrogens (tertiary/aromatic N) is 1. The van der Waals surface area contributed by atoms with E-state index in [1.165, 1.54) is 5.56 Å². The minimum Gasteiger partial charge on any atom is -0.402 e. The van der Waals surface area contributed by atoms with E-state index < -0.39 is 16.5 Å². The molecule has 19 heavy (non-hydrogen) atoms. The van der Waals surface area contributed by atoms with E-state index in [9.17, 15) is 0 Å². The molecule has 1 N–H and O–H groups in total. The molecule has 2 nitrogen and oxygen atoms in total. The van der Waals surface area contributed by atoms with Crippen molar-refractivity contribution in [1.82, 2.24) is 4.23 Å². The van der Waals surface area contributed by atoms with Crippen LogP contribution in [-0.4, -0.2) is 25.8 Å². The van der Waals surface area contributed by atoms with Crippen LogP contribution in [0.4, 0.5) is 5.69 Å². The first-order valence-electron chi connectivity index (χ1n) is 6.70. The molecule has 0 saturated carbocycles. The Morgan fingerprint density at radius 1 is 1.05 bits per heavy atom. The maximum atomic E-state index is 5.68. The van der Waals surface area contributed by atoms with Gasteiger partial charge in [0.05, 0.1) is 0 Å². The van der Waals surface area contributed by atoms with Crippen LogP contribution in [0, 0.1) is 6.92 Å². The van der Waals surface area contributed by atoms with Gasteiger partial charge in [0.2, 0.25) is 0 Å². The van der Waals surface area contributed by atoms with Gasteiger partial charge in [0.1, 0.15) is 16.5 Å². The predicted molar refractivity (Wildman–Crippen MR) is 95.9 cm³/mol. The van der Waals surface area contributed by atoms with Gasteiger partial charge in [-0.15, -0.1) is 0 Å². The van der Waals surface area contributed by atoms with Gasteiger partial charge in [-0.3, -0.25) is 0 Å². The first-order valence-corrected chi connectivity index (χ1v) is 14.0. The van der Waals surface area contributed by atoms with Crippen LogP contribution in [0.5, 0.6) is 0 Å². The molecule has 0 aliphatic rings. The smallest absolute Gasteiger partial charge is 0.157 e. The highest BCUT2D eigenvalue weighted by atomic mass is 32.1. The molecule has 0 spiro atoms. The molecule has 0 amide bonds. The van der Waals surface area contributed by atoms with Crippen molar-refractivity contribution in [3.63, 3.8) is 0 Å². The van der Waals surface area contributed by atoms with Gasteiger partial charge in [-0.25, -0.2) is 0 Å². The third kappa shape index (κ3) is 4.74. The molecule has 106 valence electrons. The molecule has 0 bridgehead atoms. The number of benzene rings is 1. The van der Waals surface area contributed by atoms with Gasteiger partial charge in [-0.2, -0.15) is 0 Å². The molecule has 0 heterocycles. The first-order chi connectivity index (χ1) is 8.51. The van der Waals surface area contributed by atoms with Crippen LogP contribution in [0.15, 0.2) is 24.3 Å². The Morgan fingerprint density at radius 3 is 2.00 bits per heavy atom. The summed E-state index contributed by atoms with van der Waals surface area (Å²) in [6.07, 6.45) is 0. The number of rotatable bonds is 3. The fraction of sp³-hybridized carbons (Fsp3) is 0.500. The molecular weight excluding hydrogens is 284 g/mol. The van der Waals surface area contributed by atoms with E-state index in [0.717, 1.165) is 10.8 Å². The van der Waals surface area contributed by atoms with Gasteiger partial charge in [-0.1, -0.05) is 51.4 Å². The molecular formula is C14H26N2SSi2. The summed E-state index contributed by atoms with van der Waals surface area (Å²) in [6.45, 7) is 16.2. The summed E-state index contributed by atoms with van der Waals surface area (Å²) in [4.78, 5) is 0. The lowest BCUT2D eigenvalue weighted by molar-refractivity contribution is 0.915. The summed E-state index contributed by atoms with van der Waals surface area (Å²) in [6, 6.07) is 8.38. The van der Waals surface area contributed by atoms with Crippen molar-refractivity contribution in [2.24, 2.45) is 0 Å². The summed E-state index contributed by atoms with van der Waals surface area (Å²) in [7, 11) is -2.92. The zero-order valence-electron chi connectivity index (χ0n) is 13.2. The van der Waals surface area contributed by atoms with Crippen molar-refractivity contribution in [3.8, 4) is 0 Å². The Kier molecular flexibility index (Phi) is 4.98. The van der Waals surface area contributed by atoms with E-state index in [0.29, 0.717) is 0 Å². The maximum absolute atomic E-state index is 5.68. The van der Waals surface area contributed by atoms with Gasteiger partial charge >= 0.3 is 0 Å². The second kappa shape index (κ2) is 5.77. The number of anilines is 1. The Labute approximate surface area is 125 Å². The number of hydrogen-bond donors (Lipinski definition) is 1. The molecule has 0 aromatic heterocycles. The van der Waals surface area contributed by atoms with Crippen molar-refractivity contribution in [1.29, 1.82) is 0 Å². The second-order valence-corrected chi connectivity index (χ2v) is 17.4. The lowest BCUT2D eigenvalue weighted by atomic mass is 10.2. The number of nitrogens with one attached hydrogen (secondary N) is 1. The molecule has 0 atom stereocenters. The van der Waals surface area contributed by atoms with Crippen molar-refractivity contribution in [2.75, 3.05) is 5.32 Å². The maximum Gasteiger partial charge on any atom is 0.157 e. The predicted octanol–water partition coefficient (Wildman–Crippen LogP) is 4.66. The summed E-state index contributed by atoms with van der Waals surface area (Å²) < 4.78 is 2.53. The molecule has 0 radical (unpaired) electrons. The molecule has 0 aliphatic heterocycles. The molecule has 1 aromatic carbocycles. The zero-order chi connectivity index (χ0) is 14.8. The van der Waals surface area contributed by atoms with Crippen LogP contribution < -0.4 is 5.32 Å². The van der Waals surface area contributed by atoms with Crippen LogP contribution in [0.3, 0.4) is 0 Å². The summed E-state index contributed by atoms with van der Waals surface area (Å²) >= 11 is 5.68. The van der Waals surface area contributed by atoms with Crippen LogP contribution >= 0.6 is 12.2 Å². The topological polar surface area (TPSA) is 15.3 Å². The van der Waals surface area contributed by atoms with Gasteiger partial charge in [0, 0.05) is 5.69 Å². The quantitative estimate of drug-likeness (QED) is 0.645. The van der Waals surface area contributed by atoms with E-state index in [2.05, 4.69) is 80.0 Å². The summed E-state index contributed by atoms with van der Waals surface area (Å²) in [5.74, 6) is 0. The third-order valence-corrected chi connectivity index (χ3v) is 10.6. The highest BCUT2D eigenvalue weighted by Crippen LogP contribution is 2.22. The summed E-state index contributed by atoms with van der Waals surface area (Å²) in [5.41, 5.74) is 2.34. The van der Waals surface area contributed by atoms with Gasteiger partial charge in [-0.05, 0) is 36.8 Å². The highest BCUT2D eigenvalue weighted by Gasteiger charge is 2.36. The lowest BCUT2D eigenvalue weighted by Crippen LogP contribution is -2.62. The van der Waals surface area contributed by atoms with E-state index in [-0.39, 0.29) is 0 Å². The van der Waals surface area contributed by atoms with Crippen LogP contribution in [0.1, 0.15) is 5.56 Å². The standard InChI is InChI=1S/C14H26N2SSi2/c1-12-9-8-10-13(11-12)15-14(17)16(18(2,3)4)19(5,6)7/h8-11H,1-7H3,(H,15,17). The molecule has 0 fully saturated rings. The number of hydrogen-bond acceptors (Lipinski definition) is 1. The molecule has 5 heteroatoms. The molecule has 0 aliphatic carbocycles.